The summed E-state index contributed by atoms with van der Waals surface area (Å²) in [5.74, 6) is -0.555. The second kappa shape index (κ2) is 7.51. The summed E-state index contributed by atoms with van der Waals surface area (Å²) < 4.78 is 26.9. The van der Waals surface area contributed by atoms with E-state index in [9.17, 15) is 18.7 Å². The Hall–Kier alpha value is -2.47. The van der Waals surface area contributed by atoms with Gasteiger partial charge in [0, 0.05) is 19.6 Å². The van der Waals surface area contributed by atoms with E-state index in [1.807, 2.05) is 0 Å². The minimum Gasteiger partial charge on any atom is -0.465 e. The normalized spacial score (nSPS) is 19.5. The molecule has 2 saturated heterocycles. The highest BCUT2D eigenvalue weighted by Crippen LogP contribution is 2.44. The van der Waals surface area contributed by atoms with Crippen LogP contribution < -0.4 is 0 Å². The van der Waals surface area contributed by atoms with Crippen molar-refractivity contribution in [3.05, 3.63) is 71.3 Å². The van der Waals surface area contributed by atoms with E-state index < -0.39 is 6.09 Å². The third-order valence-corrected chi connectivity index (χ3v) is 6.30. The number of hydrogen-bond acceptors (Lipinski definition) is 2. The van der Waals surface area contributed by atoms with Crippen molar-refractivity contribution in [2.45, 2.75) is 25.3 Å². The number of piperidine rings is 1. The van der Waals surface area contributed by atoms with Crippen LogP contribution in [0.1, 0.15) is 36.4 Å². The van der Waals surface area contributed by atoms with Gasteiger partial charge in [-0.3, -0.25) is 4.90 Å². The Kier molecular flexibility index (Phi) is 5.06. The van der Waals surface area contributed by atoms with Crippen molar-refractivity contribution in [1.29, 1.82) is 0 Å². The molecule has 2 aliphatic heterocycles. The number of hydrogen-bond donors (Lipinski definition) is 1. The molecule has 0 aromatic heterocycles. The molecule has 1 N–H and O–H groups in total. The number of benzene rings is 2. The highest BCUT2D eigenvalue weighted by molar-refractivity contribution is 5.65. The number of rotatable bonds is 3. The average molecular weight is 386 g/mol. The Morgan fingerprint density at radius 2 is 1.32 bits per heavy atom. The molecule has 0 saturated carbocycles. The van der Waals surface area contributed by atoms with Crippen LogP contribution in [0.25, 0.3) is 0 Å². The lowest BCUT2D eigenvalue weighted by Gasteiger charge is -2.39. The summed E-state index contributed by atoms with van der Waals surface area (Å²) in [7, 11) is 0. The molecule has 0 bridgehead atoms. The van der Waals surface area contributed by atoms with Gasteiger partial charge < -0.3 is 10.0 Å². The van der Waals surface area contributed by atoms with Gasteiger partial charge in [-0.1, -0.05) is 24.3 Å². The third-order valence-electron chi connectivity index (χ3n) is 6.30. The van der Waals surface area contributed by atoms with Gasteiger partial charge in [-0.2, -0.15) is 0 Å². The molecule has 2 aromatic carbocycles. The van der Waals surface area contributed by atoms with E-state index >= 15 is 0 Å². The van der Waals surface area contributed by atoms with Crippen LogP contribution in [0.5, 0.6) is 0 Å². The molecule has 2 fully saturated rings. The van der Waals surface area contributed by atoms with Crippen molar-refractivity contribution in [2.24, 2.45) is 5.41 Å². The fraction of sp³-hybridized carbons (Fsp3) is 0.409. The Morgan fingerprint density at radius 1 is 0.857 bits per heavy atom. The molecule has 0 radical (unpaired) electrons. The fourth-order valence-electron chi connectivity index (χ4n) is 4.67. The molecule has 0 atom stereocenters. The van der Waals surface area contributed by atoms with Gasteiger partial charge in [-0.15, -0.1) is 0 Å². The predicted molar refractivity (Wildman–Crippen MR) is 102 cm³/mol. The lowest BCUT2D eigenvalue weighted by molar-refractivity contribution is 0.0896. The van der Waals surface area contributed by atoms with Crippen LogP contribution in [0.15, 0.2) is 48.5 Å². The molecule has 4 rings (SSSR count). The number of carboxylic acid groups (broad SMARTS) is 1. The standard InChI is InChI=1S/C22H24F2N2O2/c23-18-5-1-16(2-6-18)20(17-3-7-19(24)8-4-17)26-14-11-22(15-26)9-12-25(13-10-22)21(27)28/h1-8,20H,9-15H2,(H,27,28). The number of nitrogens with zero attached hydrogens (tertiary/aromatic N) is 2. The largest absolute Gasteiger partial charge is 0.465 e. The van der Waals surface area contributed by atoms with Crippen LogP contribution in [-0.4, -0.2) is 47.2 Å². The minimum atomic E-state index is -0.847. The molecule has 2 aliphatic rings. The molecule has 1 spiro atoms. The van der Waals surface area contributed by atoms with E-state index in [0.717, 1.165) is 43.5 Å². The molecule has 28 heavy (non-hydrogen) atoms. The molecule has 6 heteroatoms. The molecule has 148 valence electrons. The molecule has 2 heterocycles. The fourth-order valence-corrected chi connectivity index (χ4v) is 4.67. The molecule has 0 aliphatic carbocycles. The number of halogens is 2. The van der Waals surface area contributed by atoms with Gasteiger partial charge in [0.2, 0.25) is 0 Å². The van der Waals surface area contributed by atoms with Gasteiger partial charge in [0.15, 0.2) is 0 Å². The van der Waals surface area contributed by atoms with Crippen LogP contribution in [0, 0.1) is 17.0 Å². The van der Waals surface area contributed by atoms with Crippen molar-refractivity contribution in [1.82, 2.24) is 9.80 Å². The first-order valence-corrected chi connectivity index (χ1v) is 9.69. The Morgan fingerprint density at radius 3 is 1.79 bits per heavy atom. The van der Waals surface area contributed by atoms with E-state index in [4.69, 9.17) is 0 Å². The van der Waals surface area contributed by atoms with Gasteiger partial charge >= 0.3 is 6.09 Å². The first kappa shape index (κ1) is 18.9. The molecule has 1 amide bonds. The zero-order chi connectivity index (χ0) is 19.7. The van der Waals surface area contributed by atoms with E-state index in [2.05, 4.69) is 4.90 Å². The summed E-state index contributed by atoms with van der Waals surface area (Å²) in [6, 6.07) is 12.9. The summed E-state index contributed by atoms with van der Waals surface area (Å²) in [5, 5.41) is 9.21. The third kappa shape index (κ3) is 3.74. The second-order valence-corrected chi connectivity index (χ2v) is 8.00. The van der Waals surface area contributed by atoms with Gasteiger partial charge in [0.05, 0.1) is 6.04 Å². The van der Waals surface area contributed by atoms with Crippen molar-refractivity contribution in [3.8, 4) is 0 Å². The first-order valence-electron chi connectivity index (χ1n) is 9.69. The summed E-state index contributed by atoms with van der Waals surface area (Å²) in [4.78, 5) is 15.1. The number of likely N-dealkylation sites (tertiary alicyclic amines) is 2. The zero-order valence-electron chi connectivity index (χ0n) is 15.7. The maximum absolute atomic E-state index is 13.5. The van der Waals surface area contributed by atoms with E-state index in [1.54, 1.807) is 24.3 Å². The Labute approximate surface area is 163 Å². The molecular weight excluding hydrogens is 362 g/mol. The molecule has 4 nitrogen and oxygen atoms in total. The predicted octanol–water partition coefficient (Wildman–Crippen LogP) is 4.52. The lowest BCUT2D eigenvalue weighted by Crippen LogP contribution is -2.44. The van der Waals surface area contributed by atoms with Gasteiger partial charge in [0.25, 0.3) is 0 Å². The van der Waals surface area contributed by atoms with Gasteiger partial charge in [-0.05, 0) is 66.6 Å². The SMILES string of the molecule is O=C(O)N1CCC2(CC1)CCN(C(c1ccc(F)cc1)c1ccc(F)cc1)C2. The zero-order valence-corrected chi connectivity index (χ0v) is 15.7. The van der Waals surface area contributed by atoms with Crippen molar-refractivity contribution in [2.75, 3.05) is 26.2 Å². The summed E-state index contributed by atoms with van der Waals surface area (Å²) in [5.41, 5.74) is 2.07. The summed E-state index contributed by atoms with van der Waals surface area (Å²) in [6.45, 7) is 2.88. The quantitative estimate of drug-likeness (QED) is 0.844. The van der Waals surface area contributed by atoms with Crippen LogP contribution >= 0.6 is 0 Å². The van der Waals surface area contributed by atoms with Crippen molar-refractivity contribution >= 4 is 6.09 Å². The van der Waals surface area contributed by atoms with Crippen LogP contribution in [0.3, 0.4) is 0 Å². The van der Waals surface area contributed by atoms with Crippen molar-refractivity contribution in [3.63, 3.8) is 0 Å². The van der Waals surface area contributed by atoms with Gasteiger partial charge in [-0.25, -0.2) is 13.6 Å². The smallest absolute Gasteiger partial charge is 0.407 e. The summed E-state index contributed by atoms with van der Waals surface area (Å²) >= 11 is 0. The number of amides is 1. The van der Waals surface area contributed by atoms with Gasteiger partial charge in [0.1, 0.15) is 11.6 Å². The minimum absolute atomic E-state index is 0.0712. The highest BCUT2D eigenvalue weighted by Gasteiger charge is 2.43. The maximum Gasteiger partial charge on any atom is 0.407 e. The highest BCUT2D eigenvalue weighted by atomic mass is 19.1. The van der Waals surface area contributed by atoms with Crippen LogP contribution in [0.2, 0.25) is 0 Å². The van der Waals surface area contributed by atoms with E-state index in [1.165, 1.54) is 29.2 Å². The lowest BCUT2D eigenvalue weighted by atomic mass is 9.78. The van der Waals surface area contributed by atoms with Crippen LogP contribution in [-0.2, 0) is 0 Å². The second-order valence-electron chi connectivity index (χ2n) is 8.00. The average Bonchev–Trinajstić information content (AvgIpc) is 3.08. The Bertz CT molecular complexity index is 785. The monoisotopic (exact) mass is 386 g/mol. The molecule has 2 aromatic rings. The number of carbonyl (C=O) groups is 1. The Balaban J connectivity index is 1.58. The first-order chi connectivity index (χ1) is 13.5. The summed E-state index contributed by atoms with van der Waals surface area (Å²) in [6.07, 6.45) is 1.88. The van der Waals surface area contributed by atoms with E-state index in [-0.39, 0.29) is 23.1 Å². The topological polar surface area (TPSA) is 43.8 Å². The van der Waals surface area contributed by atoms with E-state index in [0.29, 0.717) is 13.1 Å². The maximum atomic E-state index is 13.5. The molecule has 0 unspecified atom stereocenters. The molecular formula is C22H24F2N2O2. The van der Waals surface area contributed by atoms with Crippen molar-refractivity contribution < 1.29 is 18.7 Å². The van der Waals surface area contributed by atoms with Crippen LogP contribution in [0.4, 0.5) is 13.6 Å².